The van der Waals surface area contributed by atoms with E-state index < -0.39 is 0 Å². The summed E-state index contributed by atoms with van der Waals surface area (Å²) in [6.07, 6.45) is 1.16. The molecule has 2 atom stereocenters. The van der Waals surface area contributed by atoms with Crippen molar-refractivity contribution in [2.75, 3.05) is 26.7 Å². The predicted octanol–water partition coefficient (Wildman–Crippen LogP) is 1.43. The Kier molecular flexibility index (Phi) is 3.97. The Balaban J connectivity index is 2.27. The van der Waals surface area contributed by atoms with Gasteiger partial charge in [0.25, 0.3) is 0 Å². The van der Waals surface area contributed by atoms with Gasteiger partial charge < -0.3 is 10.5 Å². The van der Waals surface area contributed by atoms with Gasteiger partial charge in [0.1, 0.15) is 0 Å². The molecule has 4 nitrogen and oxygen atoms in total. The van der Waals surface area contributed by atoms with Crippen molar-refractivity contribution in [2.24, 2.45) is 11.7 Å². The highest BCUT2D eigenvalue weighted by atomic mass is 16.5. The average molecular weight is 235 g/mol. The minimum Gasteiger partial charge on any atom is -0.481 e. The topological polar surface area (TPSA) is 51.4 Å². The first-order valence-corrected chi connectivity index (χ1v) is 6.25. The second kappa shape index (κ2) is 5.47. The SMILES string of the molecule is CCN1CCC(CN)C1c1cccc(OC)n1. The van der Waals surface area contributed by atoms with Crippen molar-refractivity contribution in [3.8, 4) is 5.88 Å². The molecular formula is C13H21N3O. The van der Waals surface area contributed by atoms with Gasteiger partial charge in [-0.15, -0.1) is 0 Å². The van der Waals surface area contributed by atoms with E-state index in [1.165, 1.54) is 0 Å². The minimum absolute atomic E-state index is 0.347. The third-order valence-corrected chi connectivity index (χ3v) is 3.59. The molecule has 1 saturated heterocycles. The van der Waals surface area contributed by atoms with E-state index in [-0.39, 0.29) is 0 Å². The van der Waals surface area contributed by atoms with E-state index >= 15 is 0 Å². The van der Waals surface area contributed by atoms with Crippen molar-refractivity contribution in [2.45, 2.75) is 19.4 Å². The fraction of sp³-hybridized carbons (Fsp3) is 0.615. The zero-order valence-corrected chi connectivity index (χ0v) is 10.6. The maximum Gasteiger partial charge on any atom is 0.213 e. The van der Waals surface area contributed by atoms with Crippen LogP contribution in [-0.2, 0) is 0 Å². The van der Waals surface area contributed by atoms with Gasteiger partial charge in [-0.1, -0.05) is 13.0 Å². The summed E-state index contributed by atoms with van der Waals surface area (Å²) in [4.78, 5) is 6.99. The molecule has 0 bridgehead atoms. The van der Waals surface area contributed by atoms with Crippen LogP contribution in [0.15, 0.2) is 18.2 Å². The van der Waals surface area contributed by atoms with E-state index in [0.717, 1.165) is 31.7 Å². The van der Waals surface area contributed by atoms with Crippen LogP contribution in [-0.4, -0.2) is 36.6 Å². The molecule has 1 fully saturated rings. The lowest BCUT2D eigenvalue weighted by Crippen LogP contribution is -2.28. The number of pyridine rings is 1. The molecular weight excluding hydrogens is 214 g/mol. The maximum atomic E-state index is 5.86. The molecule has 0 amide bonds. The molecule has 1 aromatic heterocycles. The fourth-order valence-electron chi connectivity index (χ4n) is 2.67. The van der Waals surface area contributed by atoms with E-state index in [2.05, 4.69) is 22.9 Å². The molecule has 2 rings (SSSR count). The number of ether oxygens (including phenoxy) is 1. The molecule has 17 heavy (non-hydrogen) atoms. The Bertz CT molecular complexity index is 357. The van der Waals surface area contributed by atoms with E-state index in [1.807, 2.05) is 12.1 Å². The maximum absolute atomic E-state index is 5.86. The molecule has 1 aliphatic heterocycles. The molecule has 2 unspecified atom stereocenters. The zero-order chi connectivity index (χ0) is 12.3. The Hall–Kier alpha value is -1.13. The fourth-order valence-corrected chi connectivity index (χ4v) is 2.67. The van der Waals surface area contributed by atoms with Crippen LogP contribution in [0.5, 0.6) is 5.88 Å². The molecule has 1 aromatic rings. The van der Waals surface area contributed by atoms with E-state index in [1.54, 1.807) is 7.11 Å². The summed E-state index contributed by atoms with van der Waals surface area (Å²) in [5, 5.41) is 0. The second-order valence-corrected chi connectivity index (χ2v) is 4.46. The van der Waals surface area contributed by atoms with Gasteiger partial charge >= 0.3 is 0 Å². The van der Waals surface area contributed by atoms with Gasteiger partial charge in [-0.25, -0.2) is 4.98 Å². The van der Waals surface area contributed by atoms with Crippen LogP contribution >= 0.6 is 0 Å². The first-order chi connectivity index (χ1) is 8.30. The van der Waals surface area contributed by atoms with Crippen LogP contribution in [0.25, 0.3) is 0 Å². The molecule has 0 aliphatic carbocycles. The number of nitrogens with zero attached hydrogens (tertiary/aromatic N) is 2. The first-order valence-electron chi connectivity index (χ1n) is 6.25. The largest absolute Gasteiger partial charge is 0.481 e. The molecule has 94 valence electrons. The normalized spacial score (nSPS) is 25.1. The van der Waals surface area contributed by atoms with Crippen molar-refractivity contribution in [1.29, 1.82) is 0 Å². The molecule has 2 heterocycles. The predicted molar refractivity (Wildman–Crippen MR) is 67.9 cm³/mol. The van der Waals surface area contributed by atoms with Crippen LogP contribution in [0, 0.1) is 5.92 Å². The van der Waals surface area contributed by atoms with Gasteiger partial charge in [0.15, 0.2) is 0 Å². The van der Waals surface area contributed by atoms with Crippen LogP contribution < -0.4 is 10.5 Å². The van der Waals surface area contributed by atoms with E-state index in [0.29, 0.717) is 17.8 Å². The summed E-state index contributed by atoms with van der Waals surface area (Å²) in [7, 11) is 1.65. The van der Waals surface area contributed by atoms with Gasteiger partial charge in [-0.05, 0) is 38.0 Å². The summed E-state index contributed by atoms with van der Waals surface area (Å²) in [6.45, 7) is 5.06. The van der Waals surface area contributed by atoms with Crippen molar-refractivity contribution < 1.29 is 4.74 Å². The molecule has 0 aromatic carbocycles. The number of nitrogens with two attached hydrogens (primary N) is 1. The lowest BCUT2D eigenvalue weighted by molar-refractivity contribution is 0.235. The summed E-state index contributed by atoms with van der Waals surface area (Å²) < 4.78 is 5.19. The first kappa shape index (κ1) is 12.3. The van der Waals surface area contributed by atoms with Gasteiger partial charge in [-0.3, -0.25) is 4.90 Å². The monoisotopic (exact) mass is 235 g/mol. The summed E-state index contributed by atoms with van der Waals surface area (Å²) in [6, 6.07) is 6.30. The van der Waals surface area contributed by atoms with E-state index in [4.69, 9.17) is 10.5 Å². The molecule has 0 saturated carbocycles. The van der Waals surface area contributed by atoms with Crippen LogP contribution in [0.4, 0.5) is 0 Å². The second-order valence-electron chi connectivity index (χ2n) is 4.46. The highest BCUT2D eigenvalue weighted by Crippen LogP contribution is 2.35. The third kappa shape index (κ3) is 2.42. The van der Waals surface area contributed by atoms with Crippen LogP contribution in [0.2, 0.25) is 0 Å². The molecule has 0 spiro atoms. The zero-order valence-electron chi connectivity index (χ0n) is 10.6. The highest BCUT2D eigenvalue weighted by Gasteiger charge is 2.34. The Labute approximate surface area is 103 Å². The van der Waals surface area contributed by atoms with Crippen molar-refractivity contribution >= 4 is 0 Å². The molecule has 1 aliphatic rings. The van der Waals surface area contributed by atoms with Crippen molar-refractivity contribution in [3.63, 3.8) is 0 Å². The Morgan fingerprint density at radius 2 is 2.35 bits per heavy atom. The molecule has 0 radical (unpaired) electrons. The van der Waals surface area contributed by atoms with Gasteiger partial charge in [0.05, 0.1) is 18.8 Å². The summed E-state index contributed by atoms with van der Waals surface area (Å²) >= 11 is 0. The van der Waals surface area contributed by atoms with Crippen molar-refractivity contribution in [1.82, 2.24) is 9.88 Å². The summed E-state index contributed by atoms with van der Waals surface area (Å²) in [5.41, 5.74) is 6.95. The molecule has 2 N–H and O–H groups in total. The minimum atomic E-state index is 0.347. The number of rotatable bonds is 4. The van der Waals surface area contributed by atoms with E-state index in [9.17, 15) is 0 Å². The van der Waals surface area contributed by atoms with Crippen molar-refractivity contribution in [3.05, 3.63) is 23.9 Å². The summed E-state index contributed by atoms with van der Waals surface area (Å²) in [5.74, 6) is 1.19. The van der Waals surface area contributed by atoms with Gasteiger partial charge in [-0.2, -0.15) is 0 Å². The number of hydrogen-bond donors (Lipinski definition) is 1. The lowest BCUT2D eigenvalue weighted by atomic mass is 9.97. The number of methoxy groups -OCH3 is 1. The van der Waals surface area contributed by atoms with Crippen LogP contribution in [0.1, 0.15) is 25.1 Å². The van der Waals surface area contributed by atoms with Gasteiger partial charge in [0, 0.05) is 6.07 Å². The lowest BCUT2D eigenvalue weighted by Gasteiger charge is -2.26. The Morgan fingerprint density at radius 1 is 1.53 bits per heavy atom. The number of aromatic nitrogens is 1. The Morgan fingerprint density at radius 3 is 3.00 bits per heavy atom. The quantitative estimate of drug-likeness (QED) is 0.858. The average Bonchev–Trinajstić information content (AvgIpc) is 2.81. The van der Waals surface area contributed by atoms with Gasteiger partial charge in [0.2, 0.25) is 5.88 Å². The number of hydrogen-bond acceptors (Lipinski definition) is 4. The van der Waals surface area contributed by atoms with Crippen LogP contribution in [0.3, 0.4) is 0 Å². The highest BCUT2D eigenvalue weighted by molar-refractivity contribution is 5.20. The molecule has 4 heteroatoms. The third-order valence-electron chi connectivity index (χ3n) is 3.59. The standard InChI is InChI=1S/C13H21N3O/c1-3-16-8-7-10(9-14)13(16)11-5-4-6-12(15-11)17-2/h4-6,10,13H,3,7-9,14H2,1-2H3. The number of likely N-dealkylation sites (tertiary alicyclic amines) is 1. The smallest absolute Gasteiger partial charge is 0.213 e.